The van der Waals surface area contributed by atoms with E-state index in [1.807, 2.05) is 24.3 Å². The third-order valence-electron chi connectivity index (χ3n) is 3.23. The van der Waals surface area contributed by atoms with Crippen LogP contribution in [0.25, 0.3) is 10.9 Å². The number of hydrogen-bond donors (Lipinski definition) is 1. The quantitative estimate of drug-likeness (QED) is 0.719. The van der Waals surface area contributed by atoms with E-state index in [4.69, 9.17) is 5.73 Å². The van der Waals surface area contributed by atoms with Crippen LogP contribution in [0.5, 0.6) is 0 Å². The van der Waals surface area contributed by atoms with E-state index in [2.05, 4.69) is 44.3 Å². The first-order valence-corrected chi connectivity index (χ1v) is 7.89. The predicted octanol–water partition coefficient (Wildman–Crippen LogP) is 4.28. The Bertz CT molecular complexity index is 754. The average molecular weight is 348 g/mol. The van der Waals surface area contributed by atoms with E-state index in [1.54, 1.807) is 17.5 Å². The van der Waals surface area contributed by atoms with Crippen molar-refractivity contribution in [3.05, 3.63) is 51.3 Å². The number of nitrogen functional groups attached to an aromatic ring is 1. The minimum Gasteiger partial charge on any atom is -0.398 e. The van der Waals surface area contributed by atoms with Gasteiger partial charge in [0, 0.05) is 30.9 Å². The summed E-state index contributed by atoms with van der Waals surface area (Å²) < 4.78 is 1.15. The molecule has 3 aromatic rings. The number of pyridine rings is 1. The van der Waals surface area contributed by atoms with Crippen LogP contribution in [0.3, 0.4) is 0 Å². The van der Waals surface area contributed by atoms with E-state index in [0.29, 0.717) is 0 Å². The number of benzene rings is 1. The molecule has 0 aliphatic rings. The van der Waals surface area contributed by atoms with Crippen molar-refractivity contribution in [2.75, 3.05) is 17.7 Å². The predicted molar refractivity (Wildman–Crippen MR) is 90.3 cm³/mol. The molecule has 0 spiro atoms. The molecule has 0 atom stereocenters. The number of nitrogens with two attached hydrogens (primary N) is 1. The number of rotatable bonds is 3. The van der Waals surface area contributed by atoms with Gasteiger partial charge in [0.1, 0.15) is 0 Å². The van der Waals surface area contributed by atoms with Crippen LogP contribution in [0.2, 0.25) is 0 Å². The number of anilines is 2. The highest BCUT2D eigenvalue weighted by atomic mass is 79.9. The topological polar surface area (TPSA) is 42.1 Å². The van der Waals surface area contributed by atoms with Gasteiger partial charge in [-0.25, -0.2) is 0 Å². The Morgan fingerprint density at radius 3 is 2.95 bits per heavy atom. The van der Waals surface area contributed by atoms with Crippen molar-refractivity contribution >= 4 is 49.5 Å². The summed E-state index contributed by atoms with van der Waals surface area (Å²) in [5.41, 5.74) is 10.1. The summed E-state index contributed by atoms with van der Waals surface area (Å²) in [5, 5.41) is 3.16. The number of thiophene rings is 1. The van der Waals surface area contributed by atoms with Crippen LogP contribution in [-0.4, -0.2) is 12.0 Å². The highest BCUT2D eigenvalue weighted by molar-refractivity contribution is 9.11. The van der Waals surface area contributed by atoms with E-state index in [0.717, 1.165) is 32.6 Å². The van der Waals surface area contributed by atoms with E-state index in [-0.39, 0.29) is 0 Å². The van der Waals surface area contributed by atoms with Crippen LogP contribution in [-0.2, 0) is 6.54 Å². The molecule has 2 N–H and O–H groups in total. The molecule has 20 heavy (non-hydrogen) atoms. The second kappa shape index (κ2) is 5.42. The zero-order valence-corrected chi connectivity index (χ0v) is 13.4. The highest BCUT2D eigenvalue weighted by Crippen LogP contribution is 2.30. The van der Waals surface area contributed by atoms with E-state index < -0.39 is 0 Å². The normalized spacial score (nSPS) is 10.9. The van der Waals surface area contributed by atoms with Gasteiger partial charge in [-0.2, -0.15) is 0 Å². The van der Waals surface area contributed by atoms with Crippen LogP contribution in [0, 0.1) is 0 Å². The van der Waals surface area contributed by atoms with Crippen LogP contribution < -0.4 is 10.6 Å². The van der Waals surface area contributed by atoms with Crippen LogP contribution >= 0.6 is 27.3 Å². The van der Waals surface area contributed by atoms with E-state index in [1.165, 1.54) is 5.56 Å². The first-order valence-electron chi connectivity index (χ1n) is 6.22. The van der Waals surface area contributed by atoms with Crippen molar-refractivity contribution in [2.45, 2.75) is 6.54 Å². The number of hydrogen-bond acceptors (Lipinski definition) is 4. The fourth-order valence-electron chi connectivity index (χ4n) is 2.28. The Morgan fingerprint density at radius 1 is 1.35 bits per heavy atom. The Hall–Kier alpha value is -1.59. The fraction of sp³-hybridized carbons (Fsp3) is 0.133. The van der Waals surface area contributed by atoms with Gasteiger partial charge in [0.2, 0.25) is 0 Å². The summed E-state index contributed by atoms with van der Waals surface area (Å²) in [5.74, 6) is 0. The van der Waals surface area contributed by atoms with Crippen molar-refractivity contribution in [2.24, 2.45) is 0 Å². The minimum absolute atomic E-state index is 0.767. The molecule has 102 valence electrons. The molecule has 5 heteroatoms. The maximum absolute atomic E-state index is 6.02. The highest BCUT2D eigenvalue weighted by Gasteiger charge is 2.10. The molecule has 3 nitrogen and oxygen atoms in total. The Morgan fingerprint density at radius 2 is 2.20 bits per heavy atom. The van der Waals surface area contributed by atoms with Gasteiger partial charge in [-0.15, -0.1) is 11.3 Å². The van der Waals surface area contributed by atoms with Crippen molar-refractivity contribution in [1.82, 2.24) is 4.98 Å². The zero-order chi connectivity index (χ0) is 14.1. The summed E-state index contributed by atoms with van der Waals surface area (Å²) in [6.07, 6.45) is 1.81. The van der Waals surface area contributed by atoms with Crippen molar-refractivity contribution in [3.63, 3.8) is 0 Å². The molecule has 2 aromatic heterocycles. The molecule has 0 bridgehead atoms. The SMILES string of the molecule is CN(Cc1csc(Br)c1)c1ccc(N)c2cccnc12. The molecule has 0 amide bonds. The largest absolute Gasteiger partial charge is 0.398 e. The Balaban J connectivity index is 1.99. The molecule has 1 aromatic carbocycles. The molecule has 0 aliphatic carbocycles. The van der Waals surface area contributed by atoms with Gasteiger partial charge in [0.25, 0.3) is 0 Å². The first-order chi connectivity index (χ1) is 9.65. The number of nitrogens with zero attached hydrogens (tertiary/aromatic N) is 2. The summed E-state index contributed by atoms with van der Waals surface area (Å²) in [4.78, 5) is 6.68. The lowest BCUT2D eigenvalue weighted by molar-refractivity contribution is 0.930. The minimum atomic E-state index is 0.767. The summed E-state index contributed by atoms with van der Waals surface area (Å²) >= 11 is 5.20. The van der Waals surface area contributed by atoms with Gasteiger partial charge in [-0.05, 0) is 57.2 Å². The average Bonchev–Trinajstić information content (AvgIpc) is 2.84. The van der Waals surface area contributed by atoms with Crippen molar-refractivity contribution in [3.8, 4) is 0 Å². The number of aromatic nitrogens is 1. The smallest absolute Gasteiger partial charge is 0.0955 e. The van der Waals surface area contributed by atoms with Crippen LogP contribution in [0.1, 0.15) is 5.56 Å². The molecule has 0 saturated heterocycles. The Kier molecular flexibility index (Phi) is 3.63. The van der Waals surface area contributed by atoms with Crippen LogP contribution in [0.15, 0.2) is 45.7 Å². The second-order valence-corrected chi connectivity index (χ2v) is 6.98. The lowest BCUT2D eigenvalue weighted by atomic mass is 10.1. The van der Waals surface area contributed by atoms with Crippen LogP contribution in [0.4, 0.5) is 11.4 Å². The number of fused-ring (bicyclic) bond motifs is 1. The van der Waals surface area contributed by atoms with Gasteiger partial charge in [0.05, 0.1) is 15.0 Å². The maximum atomic E-state index is 6.02. The molecule has 2 heterocycles. The fourth-order valence-corrected chi connectivity index (χ4v) is 3.48. The van der Waals surface area contributed by atoms with Crippen molar-refractivity contribution in [1.29, 1.82) is 0 Å². The third kappa shape index (κ3) is 2.51. The molecule has 3 rings (SSSR count). The van der Waals surface area contributed by atoms with Gasteiger partial charge in [-0.3, -0.25) is 4.98 Å². The Labute approximate surface area is 130 Å². The van der Waals surface area contributed by atoms with Gasteiger partial charge in [0.15, 0.2) is 0 Å². The second-order valence-electron chi connectivity index (χ2n) is 4.69. The third-order valence-corrected chi connectivity index (χ3v) is 4.79. The number of halogens is 1. The molecule has 0 saturated carbocycles. The molecule has 0 radical (unpaired) electrons. The molecular formula is C15H14BrN3S. The summed E-state index contributed by atoms with van der Waals surface area (Å²) in [6, 6.07) is 10.0. The standard InChI is InChI=1S/C15H14BrN3S/c1-19(8-10-7-14(16)20-9-10)13-5-4-12(17)11-3-2-6-18-15(11)13/h2-7,9H,8,17H2,1H3. The monoisotopic (exact) mass is 347 g/mol. The van der Waals surface area contributed by atoms with E-state index in [9.17, 15) is 0 Å². The van der Waals surface area contributed by atoms with Gasteiger partial charge in [-0.1, -0.05) is 0 Å². The van der Waals surface area contributed by atoms with Crippen molar-refractivity contribution < 1.29 is 0 Å². The molecular weight excluding hydrogens is 334 g/mol. The summed E-state index contributed by atoms with van der Waals surface area (Å²) in [6.45, 7) is 0.845. The lowest BCUT2D eigenvalue weighted by Crippen LogP contribution is -2.16. The molecule has 0 unspecified atom stereocenters. The lowest BCUT2D eigenvalue weighted by Gasteiger charge is -2.20. The molecule has 0 aliphatic heterocycles. The molecule has 0 fully saturated rings. The zero-order valence-electron chi connectivity index (χ0n) is 11.0. The van der Waals surface area contributed by atoms with E-state index >= 15 is 0 Å². The maximum Gasteiger partial charge on any atom is 0.0955 e. The van der Waals surface area contributed by atoms with Gasteiger partial charge >= 0.3 is 0 Å². The van der Waals surface area contributed by atoms with Gasteiger partial charge < -0.3 is 10.6 Å². The summed E-state index contributed by atoms with van der Waals surface area (Å²) in [7, 11) is 2.07. The first kappa shape index (κ1) is 13.4.